The van der Waals surface area contributed by atoms with Crippen molar-refractivity contribution in [2.24, 2.45) is 0 Å². The molecular formula is C16H15F2NO. The van der Waals surface area contributed by atoms with Crippen molar-refractivity contribution in [3.05, 3.63) is 58.9 Å². The Morgan fingerprint density at radius 1 is 1.15 bits per heavy atom. The van der Waals surface area contributed by atoms with Gasteiger partial charge in [-0.25, -0.2) is 8.78 Å². The number of halogens is 2. The van der Waals surface area contributed by atoms with E-state index in [1.165, 1.54) is 6.08 Å². The molecule has 1 heterocycles. The molecule has 4 heteroatoms. The number of aromatic hydroxyl groups is 1. The van der Waals surface area contributed by atoms with Crippen LogP contribution in [0.3, 0.4) is 0 Å². The number of phenolic OH excluding ortho intramolecular Hbond substituents is 1. The lowest BCUT2D eigenvalue weighted by Gasteiger charge is -2.08. The van der Waals surface area contributed by atoms with Crippen molar-refractivity contribution < 1.29 is 13.9 Å². The third kappa shape index (κ3) is 3.20. The fourth-order valence-electron chi connectivity index (χ4n) is 1.88. The van der Waals surface area contributed by atoms with Crippen molar-refractivity contribution in [2.45, 2.75) is 19.8 Å². The zero-order valence-electron chi connectivity index (χ0n) is 11.3. The van der Waals surface area contributed by atoms with Crippen LogP contribution in [0.15, 0.2) is 30.5 Å². The van der Waals surface area contributed by atoms with Gasteiger partial charge in [0, 0.05) is 6.07 Å². The predicted octanol–water partition coefficient (Wildman–Crippen LogP) is 4.36. The summed E-state index contributed by atoms with van der Waals surface area (Å²) in [7, 11) is 0. The highest BCUT2D eigenvalue weighted by atomic mass is 19.1. The molecule has 0 bridgehead atoms. The minimum Gasteiger partial charge on any atom is -0.508 e. The SMILES string of the molecule is CC(C)c1ccc(/C=C/c2ncc(F)cc2F)cc1O. The van der Waals surface area contributed by atoms with Crippen LogP contribution in [0.2, 0.25) is 0 Å². The van der Waals surface area contributed by atoms with Crippen LogP contribution in [-0.2, 0) is 0 Å². The molecule has 1 aromatic carbocycles. The molecule has 0 unspecified atom stereocenters. The molecule has 2 rings (SSSR count). The molecule has 0 amide bonds. The molecule has 2 aromatic rings. The maximum Gasteiger partial charge on any atom is 0.151 e. The quantitative estimate of drug-likeness (QED) is 0.902. The van der Waals surface area contributed by atoms with Crippen LogP contribution in [-0.4, -0.2) is 10.1 Å². The number of pyridine rings is 1. The molecule has 2 nitrogen and oxygen atoms in total. The van der Waals surface area contributed by atoms with E-state index in [1.807, 2.05) is 26.0 Å². The summed E-state index contributed by atoms with van der Waals surface area (Å²) < 4.78 is 26.1. The molecule has 0 fully saturated rings. The first-order valence-corrected chi connectivity index (χ1v) is 6.29. The number of rotatable bonds is 3. The van der Waals surface area contributed by atoms with Crippen molar-refractivity contribution in [2.75, 3.05) is 0 Å². The Balaban J connectivity index is 2.25. The zero-order valence-corrected chi connectivity index (χ0v) is 11.3. The molecule has 0 atom stereocenters. The highest BCUT2D eigenvalue weighted by Crippen LogP contribution is 2.26. The van der Waals surface area contributed by atoms with E-state index in [4.69, 9.17) is 0 Å². The van der Waals surface area contributed by atoms with E-state index in [0.29, 0.717) is 0 Å². The Labute approximate surface area is 116 Å². The molecule has 0 aliphatic rings. The summed E-state index contributed by atoms with van der Waals surface area (Å²) in [5.41, 5.74) is 1.63. The highest BCUT2D eigenvalue weighted by molar-refractivity contribution is 5.69. The second kappa shape index (κ2) is 5.82. The summed E-state index contributed by atoms with van der Waals surface area (Å²) in [6, 6.07) is 6.04. The molecular weight excluding hydrogens is 260 g/mol. The lowest BCUT2D eigenvalue weighted by molar-refractivity contribution is 0.465. The minimum atomic E-state index is -0.718. The van der Waals surface area contributed by atoms with Gasteiger partial charge in [0.25, 0.3) is 0 Å². The lowest BCUT2D eigenvalue weighted by Crippen LogP contribution is -1.90. The summed E-state index contributed by atoms with van der Waals surface area (Å²) >= 11 is 0. The summed E-state index contributed by atoms with van der Waals surface area (Å²) in [5, 5.41) is 9.88. The topological polar surface area (TPSA) is 33.1 Å². The van der Waals surface area contributed by atoms with Gasteiger partial charge in [-0.3, -0.25) is 4.98 Å². The summed E-state index contributed by atoms with van der Waals surface area (Å²) in [6.45, 7) is 3.98. The maximum absolute atomic E-state index is 13.4. The van der Waals surface area contributed by atoms with Gasteiger partial charge in [0.2, 0.25) is 0 Å². The largest absolute Gasteiger partial charge is 0.508 e. The van der Waals surface area contributed by atoms with Crippen molar-refractivity contribution in [3.8, 4) is 5.75 Å². The third-order valence-corrected chi connectivity index (χ3v) is 2.95. The number of phenols is 1. The second-order valence-electron chi connectivity index (χ2n) is 4.83. The van der Waals surface area contributed by atoms with Gasteiger partial charge in [0.15, 0.2) is 5.82 Å². The van der Waals surface area contributed by atoms with Crippen LogP contribution in [0.5, 0.6) is 5.75 Å². The van der Waals surface area contributed by atoms with Gasteiger partial charge in [-0.1, -0.05) is 32.1 Å². The minimum absolute atomic E-state index is 0.0545. The highest BCUT2D eigenvalue weighted by Gasteiger charge is 2.06. The van der Waals surface area contributed by atoms with Gasteiger partial charge in [-0.05, 0) is 29.2 Å². The van der Waals surface area contributed by atoms with Crippen molar-refractivity contribution in [3.63, 3.8) is 0 Å². The number of nitrogens with zero attached hydrogens (tertiary/aromatic N) is 1. The normalized spacial score (nSPS) is 11.4. The average Bonchev–Trinajstić information content (AvgIpc) is 2.37. The summed E-state index contributed by atoms with van der Waals surface area (Å²) in [5.74, 6) is -0.998. The average molecular weight is 275 g/mol. The molecule has 0 saturated carbocycles. The molecule has 1 aromatic heterocycles. The molecule has 0 radical (unpaired) electrons. The standard InChI is InChI=1S/C16H15F2NO/c1-10(2)13-5-3-11(7-16(13)20)4-6-15-14(18)8-12(17)9-19-15/h3-10,20H,1-2H3/b6-4+. The van der Waals surface area contributed by atoms with Crippen molar-refractivity contribution in [1.29, 1.82) is 0 Å². The summed E-state index contributed by atoms with van der Waals surface area (Å²) in [6.07, 6.45) is 4.02. The van der Waals surface area contributed by atoms with E-state index in [0.717, 1.165) is 23.4 Å². The number of hydrogen-bond acceptors (Lipinski definition) is 2. The van der Waals surface area contributed by atoms with Crippen LogP contribution in [0.25, 0.3) is 12.2 Å². The van der Waals surface area contributed by atoms with Gasteiger partial charge < -0.3 is 5.11 Å². The number of benzene rings is 1. The van der Waals surface area contributed by atoms with E-state index in [9.17, 15) is 13.9 Å². The molecule has 0 aliphatic heterocycles. The van der Waals surface area contributed by atoms with E-state index < -0.39 is 11.6 Å². The smallest absolute Gasteiger partial charge is 0.151 e. The first-order chi connectivity index (χ1) is 9.47. The molecule has 104 valence electrons. The van der Waals surface area contributed by atoms with E-state index in [-0.39, 0.29) is 17.4 Å². The van der Waals surface area contributed by atoms with Crippen LogP contribution < -0.4 is 0 Å². The van der Waals surface area contributed by atoms with E-state index in [1.54, 1.807) is 12.1 Å². The Bertz CT molecular complexity index is 651. The van der Waals surface area contributed by atoms with Crippen LogP contribution in [0, 0.1) is 11.6 Å². The lowest BCUT2D eigenvalue weighted by atomic mass is 10.00. The van der Waals surface area contributed by atoms with Gasteiger partial charge in [0.05, 0.1) is 11.9 Å². The van der Waals surface area contributed by atoms with E-state index >= 15 is 0 Å². The molecule has 20 heavy (non-hydrogen) atoms. The number of aromatic nitrogens is 1. The Morgan fingerprint density at radius 3 is 2.50 bits per heavy atom. The molecule has 0 aliphatic carbocycles. The van der Waals surface area contributed by atoms with Crippen LogP contribution in [0.4, 0.5) is 8.78 Å². The van der Waals surface area contributed by atoms with Crippen molar-refractivity contribution in [1.82, 2.24) is 4.98 Å². The second-order valence-corrected chi connectivity index (χ2v) is 4.83. The summed E-state index contributed by atoms with van der Waals surface area (Å²) in [4.78, 5) is 3.66. The fourth-order valence-corrected chi connectivity index (χ4v) is 1.88. The fraction of sp³-hybridized carbons (Fsp3) is 0.188. The Hall–Kier alpha value is -2.23. The molecule has 0 saturated heterocycles. The van der Waals surface area contributed by atoms with Crippen LogP contribution >= 0.6 is 0 Å². The van der Waals surface area contributed by atoms with Gasteiger partial charge >= 0.3 is 0 Å². The predicted molar refractivity (Wildman–Crippen MR) is 75.3 cm³/mol. The van der Waals surface area contributed by atoms with Gasteiger partial charge in [-0.2, -0.15) is 0 Å². The van der Waals surface area contributed by atoms with Crippen LogP contribution in [0.1, 0.15) is 36.6 Å². The molecule has 1 N–H and O–H groups in total. The first kappa shape index (κ1) is 14.2. The third-order valence-electron chi connectivity index (χ3n) is 2.95. The monoisotopic (exact) mass is 275 g/mol. The number of hydrogen-bond donors (Lipinski definition) is 1. The Morgan fingerprint density at radius 2 is 1.90 bits per heavy atom. The van der Waals surface area contributed by atoms with Gasteiger partial charge in [0.1, 0.15) is 11.6 Å². The van der Waals surface area contributed by atoms with E-state index in [2.05, 4.69) is 4.98 Å². The van der Waals surface area contributed by atoms with Gasteiger partial charge in [-0.15, -0.1) is 0 Å². The Kier molecular flexibility index (Phi) is 4.13. The van der Waals surface area contributed by atoms with Crippen molar-refractivity contribution >= 4 is 12.2 Å². The maximum atomic E-state index is 13.4. The zero-order chi connectivity index (χ0) is 14.7. The first-order valence-electron chi connectivity index (χ1n) is 6.29. The molecule has 0 spiro atoms.